The van der Waals surface area contributed by atoms with Crippen LogP contribution < -0.4 is 5.32 Å². The third-order valence-electron chi connectivity index (χ3n) is 4.62. The van der Waals surface area contributed by atoms with Crippen LogP contribution >= 0.6 is 0 Å². The largest absolute Gasteiger partial charge is 0.341 e. The van der Waals surface area contributed by atoms with Crippen molar-refractivity contribution in [2.75, 3.05) is 27.2 Å². The zero-order chi connectivity index (χ0) is 14.5. The zero-order valence-corrected chi connectivity index (χ0v) is 12.7. The minimum atomic E-state index is -0.0900. The van der Waals surface area contributed by atoms with E-state index in [0.29, 0.717) is 6.04 Å². The van der Waals surface area contributed by atoms with Crippen molar-refractivity contribution in [1.29, 1.82) is 0 Å². The third-order valence-corrected chi connectivity index (χ3v) is 4.62. The SMILES string of the molecule is CN(CC(=O)N(C)C1CCCCC1)C(=O)C1CCCN1. The molecule has 1 saturated carbocycles. The van der Waals surface area contributed by atoms with E-state index in [-0.39, 0.29) is 24.4 Å². The second-order valence-corrected chi connectivity index (χ2v) is 6.14. The second kappa shape index (κ2) is 7.07. The first-order chi connectivity index (χ1) is 9.59. The highest BCUT2D eigenvalue weighted by molar-refractivity contribution is 5.87. The summed E-state index contributed by atoms with van der Waals surface area (Å²) in [6, 6.07) is 0.275. The fourth-order valence-corrected chi connectivity index (χ4v) is 3.23. The summed E-state index contributed by atoms with van der Waals surface area (Å²) in [7, 11) is 3.61. The van der Waals surface area contributed by atoms with Crippen molar-refractivity contribution < 1.29 is 9.59 Å². The van der Waals surface area contributed by atoms with Gasteiger partial charge >= 0.3 is 0 Å². The molecule has 114 valence electrons. The lowest BCUT2D eigenvalue weighted by Gasteiger charge is -2.32. The summed E-state index contributed by atoms with van der Waals surface area (Å²) in [5.74, 6) is 0.110. The molecule has 2 amide bonds. The van der Waals surface area contributed by atoms with Crippen molar-refractivity contribution in [2.45, 2.75) is 57.0 Å². The van der Waals surface area contributed by atoms with E-state index >= 15 is 0 Å². The monoisotopic (exact) mass is 281 g/mol. The van der Waals surface area contributed by atoms with Crippen LogP contribution in [0, 0.1) is 0 Å². The lowest BCUT2D eigenvalue weighted by Crippen LogP contribution is -2.48. The van der Waals surface area contributed by atoms with Gasteiger partial charge in [0.15, 0.2) is 0 Å². The van der Waals surface area contributed by atoms with Crippen molar-refractivity contribution in [3.63, 3.8) is 0 Å². The Morgan fingerprint density at radius 1 is 1.05 bits per heavy atom. The van der Waals surface area contributed by atoms with Gasteiger partial charge in [-0.15, -0.1) is 0 Å². The Bertz CT molecular complexity index is 347. The highest BCUT2D eigenvalue weighted by Crippen LogP contribution is 2.21. The molecule has 1 aliphatic heterocycles. The Labute approximate surface area is 121 Å². The highest BCUT2D eigenvalue weighted by Gasteiger charge is 2.28. The molecular formula is C15H27N3O2. The van der Waals surface area contributed by atoms with Crippen molar-refractivity contribution >= 4 is 11.8 Å². The summed E-state index contributed by atoms with van der Waals surface area (Å²) in [5.41, 5.74) is 0. The summed E-state index contributed by atoms with van der Waals surface area (Å²) in [5, 5.41) is 3.19. The number of nitrogens with zero attached hydrogens (tertiary/aromatic N) is 2. The van der Waals surface area contributed by atoms with Gasteiger partial charge in [-0.2, -0.15) is 0 Å². The Morgan fingerprint density at radius 3 is 2.35 bits per heavy atom. The number of carbonyl (C=O) groups excluding carboxylic acids is 2. The lowest BCUT2D eigenvalue weighted by molar-refractivity contribution is -0.141. The molecule has 1 aliphatic carbocycles. The minimum Gasteiger partial charge on any atom is -0.341 e. The lowest BCUT2D eigenvalue weighted by atomic mass is 9.94. The predicted molar refractivity (Wildman–Crippen MR) is 78.3 cm³/mol. The van der Waals surface area contributed by atoms with Crippen LogP contribution in [0.3, 0.4) is 0 Å². The van der Waals surface area contributed by atoms with E-state index in [9.17, 15) is 9.59 Å². The maximum absolute atomic E-state index is 12.3. The van der Waals surface area contributed by atoms with Gasteiger partial charge in [0.05, 0.1) is 12.6 Å². The molecule has 0 aromatic heterocycles. The molecule has 1 N–H and O–H groups in total. The molecule has 5 heteroatoms. The topological polar surface area (TPSA) is 52.7 Å². The average Bonchev–Trinajstić information content (AvgIpc) is 3.00. The van der Waals surface area contributed by atoms with Crippen molar-refractivity contribution in [3.05, 3.63) is 0 Å². The van der Waals surface area contributed by atoms with Crippen LogP contribution in [0.2, 0.25) is 0 Å². The molecule has 2 rings (SSSR count). The van der Waals surface area contributed by atoms with Gasteiger partial charge in [0.1, 0.15) is 0 Å². The number of hydrogen-bond donors (Lipinski definition) is 1. The molecule has 0 radical (unpaired) electrons. The fraction of sp³-hybridized carbons (Fsp3) is 0.867. The van der Waals surface area contributed by atoms with E-state index in [1.807, 2.05) is 11.9 Å². The van der Waals surface area contributed by atoms with Crippen LogP contribution in [0.5, 0.6) is 0 Å². The normalized spacial score (nSPS) is 23.6. The van der Waals surface area contributed by atoms with E-state index in [1.54, 1.807) is 11.9 Å². The van der Waals surface area contributed by atoms with Gasteiger partial charge in [-0.1, -0.05) is 19.3 Å². The molecule has 1 heterocycles. The molecule has 1 saturated heterocycles. The van der Waals surface area contributed by atoms with Gasteiger partial charge in [0.25, 0.3) is 0 Å². The highest BCUT2D eigenvalue weighted by atomic mass is 16.2. The number of carbonyl (C=O) groups is 2. The van der Waals surface area contributed by atoms with Crippen molar-refractivity contribution in [3.8, 4) is 0 Å². The Morgan fingerprint density at radius 2 is 1.75 bits per heavy atom. The zero-order valence-electron chi connectivity index (χ0n) is 12.7. The van der Waals surface area contributed by atoms with E-state index < -0.39 is 0 Å². The van der Waals surface area contributed by atoms with Crippen LogP contribution in [-0.2, 0) is 9.59 Å². The molecular weight excluding hydrogens is 254 g/mol. The Kier molecular flexibility index (Phi) is 5.40. The van der Waals surface area contributed by atoms with Gasteiger partial charge in [0, 0.05) is 20.1 Å². The van der Waals surface area contributed by atoms with Gasteiger partial charge in [-0.25, -0.2) is 0 Å². The summed E-state index contributed by atoms with van der Waals surface area (Å²) in [6.45, 7) is 1.10. The maximum Gasteiger partial charge on any atom is 0.242 e. The molecule has 20 heavy (non-hydrogen) atoms. The van der Waals surface area contributed by atoms with E-state index in [1.165, 1.54) is 19.3 Å². The van der Waals surface area contributed by atoms with E-state index in [4.69, 9.17) is 0 Å². The molecule has 0 bridgehead atoms. The Hall–Kier alpha value is -1.10. The molecule has 5 nitrogen and oxygen atoms in total. The van der Waals surface area contributed by atoms with Crippen LogP contribution in [0.1, 0.15) is 44.9 Å². The molecule has 2 fully saturated rings. The summed E-state index contributed by atoms with van der Waals surface area (Å²) < 4.78 is 0. The smallest absolute Gasteiger partial charge is 0.242 e. The number of likely N-dealkylation sites (N-methyl/N-ethyl adjacent to an activating group) is 2. The van der Waals surface area contributed by atoms with Crippen LogP contribution in [0.25, 0.3) is 0 Å². The van der Waals surface area contributed by atoms with Crippen LogP contribution in [0.15, 0.2) is 0 Å². The predicted octanol–water partition coefficient (Wildman–Crippen LogP) is 0.988. The van der Waals surface area contributed by atoms with Crippen LogP contribution in [0.4, 0.5) is 0 Å². The van der Waals surface area contributed by atoms with Crippen LogP contribution in [-0.4, -0.2) is 60.9 Å². The first-order valence-corrected chi connectivity index (χ1v) is 7.83. The standard InChI is InChI=1S/C15H27N3O2/c1-17(15(20)13-9-6-10-16-13)11-14(19)18(2)12-7-4-3-5-8-12/h12-13,16H,3-11H2,1-2H3. The summed E-state index contributed by atoms with van der Waals surface area (Å²) in [6.07, 6.45) is 7.83. The number of rotatable bonds is 4. The maximum atomic E-state index is 12.3. The summed E-state index contributed by atoms with van der Waals surface area (Å²) >= 11 is 0. The quantitative estimate of drug-likeness (QED) is 0.836. The van der Waals surface area contributed by atoms with E-state index in [2.05, 4.69) is 5.32 Å². The van der Waals surface area contributed by atoms with Crippen molar-refractivity contribution in [2.24, 2.45) is 0 Å². The molecule has 1 atom stereocenters. The number of hydrogen-bond acceptors (Lipinski definition) is 3. The first kappa shape index (κ1) is 15.3. The summed E-state index contributed by atoms with van der Waals surface area (Å²) in [4.78, 5) is 27.9. The number of amides is 2. The molecule has 0 aromatic carbocycles. The molecule has 2 aliphatic rings. The van der Waals surface area contributed by atoms with Crippen molar-refractivity contribution in [1.82, 2.24) is 15.1 Å². The average molecular weight is 281 g/mol. The molecule has 1 unspecified atom stereocenters. The van der Waals surface area contributed by atoms with Gasteiger partial charge in [0.2, 0.25) is 11.8 Å². The van der Waals surface area contributed by atoms with E-state index in [0.717, 1.165) is 32.2 Å². The molecule has 0 aromatic rings. The third kappa shape index (κ3) is 3.72. The van der Waals surface area contributed by atoms with Gasteiger partial charge < -0.3 is 15.1 Å². The molecule has 0 spiro atoms. The number of nitrogens with one attached hydrogen (secondary N) is 1. The minimum absolute atomic E-state index is 0.0490. The fourth-order valence-electron chi connectivity index (χ4n) is 3.23. The van der Waals surface area contributed by atoms with Gasteiger partial charge in [-0.3, -0.25) is 9.59 Å². The first-order valence-electron chi connectivity index (χ1n) is 7.83. The second-order valence-electron chi connectivity index (χ2n) is 6.14. The Balaban J connectivity index is 1.81. The van der Waals surface area contributed by atoms with Gasteiger partial charge in [-0.05, 0) is 32.2 Å².